The molecule has 1 heterocycles. The second-order valence-corrected chi connectivity index (χ2v) is 4.27. The Morgan fingerprint density at radius 2 is 1.63 bits per heavy atom. The Morgan fingerprint density at radius 1 is 0.947 bits per heavy atom. The third-order valence-electron chi connectivity index (χ3n) is 3.13. The number of rotatable bonds is 2. The number of aromatic nitrogens is 1. The third-order valence-corrected chi connectivity index (χ3v) is 3.13. The fourth-order valence-electron chi connectivity index (χ4n) is 2.22. The summed E-state index contributed by atoms with van der Waals surface area (Å²) in [4.78, 5) is 15.7. The lowest BCUT2D eigenvalue weighted by Crippen LogP contribution is -2.09. The summed E-state index contributed by atoms with van der Waals surface area (Å²) < 4.78 is 5.29. The number of pyridine rings is 1. The average Bonchev–Trinajstić information content (AvgIpc) is 2.48. The molecule has 0 aliphatic heterocycles. The van der Waals surface area contributed by atoms with Crippen LogP contribution in [0.5, 0.6) is 5.75 Å². The van der Waals surface area contributed by atoms with Gasteiger partial charge >= 0.3 is 0 Å². The maximum Gasteiger partial charge on any atom is 0.231 e. The van der Waals surface area contributed by atoms with Gasteiger partial charge in [-0.25, -0.2) is 0 Å². The van der Waals surface area contributed by atoms with E-state index in [0.717, 1.165) is 11.1 Å². The average molecular weight is 251 g/mol. The molecule has 3 nitrogen and oxygen atoms in total. The van der Waals surface area contributed by atoms with E-state index in [-0.39, 0.29) is 5.43 Å². The Kier molecular flexibility index (Phi) is 2.80. The van der Waals surface area contributed by atoms with Crippen molar-refractivity contribution in [3.8, 4) is 17.0 Å². The van der Waals surface area contributed by atoms with Crippen LogP contribution in [0.15, 0.2) is 59.4 Å². The normalized spacial score (nSPS) is 10.6. The molecule has 3 heteroatoms. The standard InChI is InChI=1S/C16H13NO2/c1-19-16-14(11-7-3-2-4-8-11)17-13-10-6-5-9-12(13)15(16)18/h2-10H,1H3,(H,17,18). The molecule has 0 fully saturated rings. The molecule has 3 aromatic rings. The molecule has 0 amide bonds. The van der Waals surface area contributed by atoms with Gasteiger partial charge in [0.2, 0.25) is 5.43 Å². The van der Waals surface area contributed by atoms with Crippen molar-refractivity contribution in [1.29, 1.82) is 0 Å². The summed E-state index contributed by atoms with van der Waals surface area (Å²) in [7, 11) is 1.52. The number of aromatic amines is 1. The van der Waals surface area contributed by atoms with Crippen molar-refractivity contribution in [2.24, 2.45) is 0 Å². The molecule has 19 heavy (non-hydrogen) atoms. The molecule has 0 aliphatic rings. The lowest BCUT2D eigenvalue weighted by atomic mass is 10.1. The Hall–Kier alpha value is -2.55. The van der Waals surface area contributed by atoms with E-state index in [1.54, 1.807) is 6.07 Å². The monoisotopic (exact) mass is 251 g/mol. The van der Waals surface area contributed by atoms with Gasteiger partial charge in [0.05, 0.1) is 12.8 Å². The predicted octanol–water partition coefficient (Wildman–Crippen LogP) is 3.20. The Bertz CT molecular complexity index is 776. The molecule has 0 unspecified atom stereocenters. The fraction of sp³-hybridized carbons (Fsp3) is 0.0625. The van der Waals surface area contributed by atoms with Crippen LogP contribution in [0.3, 0.4) is 0 Å². The maximum atomic E-state index is 12.4. The summed E-state index contributed by atoms with van der Waals surface area (Å²) in [6, 6.07) is 17.1. The van der Waals surface area contributed by atoms with Crippen LogP contribution in [0.2, 0.25) is 0 Å². The highest BCUT2D eigenvalue weighted by Crippen LogP contribution is 2.26. The molecule has 0 spiro atoms. The van der Waals surface area contributed by atoms with Crippen LogP contribution in [0.25, 0.3) is 22.2 Å². The van der Waals surface area contributed by atoms with E-state index in [0.29, 0.717) is 16.8 Å². The number of para-hydroxylation sites is 1. The SMILES string of the molecule is COc1c(-c2ccccc2)[nH]c2ccccc2c1=O. The first-order chi connectivity index (χ1) is 9.31. The molecular formula is C16H13NO2. The maximum absolute atomic E-state index is 12.4. The fourth-order valence-corrected chi connectivity index (χ4v) is 2.22. The number of fused-ring (bicyclic) bond motifs is 1. The summed E-state index contributed by atoms with van der Waals surface area (Å²) in [5.41, 5.74) is 2.37. The molecule has 1 aromatic heterocycles. The summed E-state index contributed by atoms with van der Waals surface area (Å²) in [5, 5.41) is 0.638. The van der Waals surface area contributed by atoms with Crippen LogP contribution >= 0.6 is 0 Å². The minimum Gasteiger partial charge on any atom is -0.491 e. The molecule has 1 N–H and O–H groups in total. The summed E-state index contributed by atoms with van der Waals surface area (Å²) in [5.74, 6) is 0.352. The first-order valence-corrected chi connectivity index (χ1v) is 6.05. The van der Waals surface area contributed by atoms with Crippen molar-refractivity contribution in [2.75, 3.05) is 7.11 Å². The number of benzene rings is 2. The van der Waals surface area contributed by atoms with Gasteiger partial charge in [0.25, 0.3) is 0 Å². The molecule has 3 rings (SSSR count). The van der Waals surface area contributed by atoms with E-state index in [1.807, 2.05) is 48.5 Å². The quantitative estimate of drug-likeness (QED) is 0.760. The predicted molar refractivity (Wildman–Crippen MR) is 76.6 cm³/mol. The number of hydrogen-bond acceptors (Lipinski definition) is 2. The summed E-state index contributed by atoms with van der Waals surface area (Å²) >= 11 is 0. The van der Waals surface area contributed by atoms with Crippen molar-refractivity contribution in [1.82, 2.24) is 4.98 Å². The van der Waals surface area contributed by atoms with Crippen molar-refractivity contribution in [2.45, 2.75) is 0 Å². The lowest BCUT2D eigenvalue weighted by molar-refractivity contribution is 0.412. The topological polar surface area (TPSA) is 42.1 Å². The molecule has 0 saturated heterocycles. The van der Waals surface area contributed by atoms with E-state index in [4.69, 9.17) is 4.74 Å². The van der Waals surface area contributed by atoms with Gasteiger partial charge < -0.3 is 9.72 Å². The Labute approximate surface area is 110 Å². The van der Waals surface area contributed by atoms with Crippen LogP contribution in [-0.4, -0.2) is 12.1 Å². The Morgan fingerprint density at radius 3 is 2.37 bits per heavy atom. The largest absolute Gasteiger partial charge is 0.491 e. The highest BCUT2D eigenvalue weighted by atomic mass is 16.5. The van der Waals surface area contributed by atoms with Crippen LogP contribution < -0.4 is 10.2 Å². The zero-order valence-electron chi connectivity index (χ0n) is 10.5. The first kappa shape index (κ1) is 11.5. The van der Waals surface area contributed by atoms with Gasteiger partial charge in [-0.05, 0) is 12.1 Å². The van der Waals surface area contributed by atoms with Crippen molar-refractivity contribution < 1.29 is 4.74 Å². The van der Waals surface area contributed by atoms with Gasteiger partial charge in [0, 0.05) is 16.5 Å². The molecule has 0 radical (unpaired) electrons. The van der Waals surface area contributed by atoms with Crippen LogP contribution in [0.4, 0.5) is 0 Å². The van der Waals surface area contributed by atoms with E-state index in [1.165, 1.54) is 7.11 Å². The molecule has 0 atom stereocenters. The van der Waals surface area contributed by atoms with Crippen molar-refractivity contribution in [3.63, 3.8) is 0 Å². The number of nitrogens with one attached hydrogen (secondary N) is 1. The van der Waals surface area contributed by atoms with Gasteiger partial charge in [-0.3, -0.25) is 4.79 Å². The highest BCUT2D eigenvalue weighted by molar-refractivity contribution is 5.84. The molecule has 0 bridgehead atoms. The molecular weight excluding hydrogens is 238 g/mol. The molecule has 0 aliphatic carbocycles. The van der Waals surface area contributed by atoms with E-state index in [9.17, 15) is 4.79 Å². The zero-order valence-corrected chi connectivity index (χ0v) is 10.5. The number of hydrogen-bond donors (Lipinski definition) is 1. The summed E-state index contributed by atoms with van der Waals surface area (Å²) in [6.07, 6.45) is 0. The van der Waals surface area contributed by atoms with E-state index in [2.05, 4.69) is 4.98 Å². The van der Waals surface area contributed by atoms with Crippen molar-refractivity contribution >= 4 is 10.9 Å². The van der Waals surface area contributed by atoms with Gasteiger partial charge in [-0.15, -0.1) is 0 Å². The number of methoxy groups -OCH3 is 1. The van der Waals surface area contributed by atoms with Gasteiger partial charge in [0.15, 0.2) is 5.75 Å². The second kappa shape index (κ2) is 4.61. The van der Waals surface area contributed by atoms with Crippen LogP contribution in [0.1, 0.15) is 0 Å². The highest BCUT2D eigenvalue weighted by Gasteiger charge is 2.13. The molecule has 94 valence electrons. The minimum absolute atomic E-state index is 0.0873. The summed E-state index contributed by atoms with van der Waals surface area (Å²) in [6.45, 7) is 0. The van der Waals surface area contributed by atoms with Crippen LogP contribution in [0, 0.1) is 0 Å². The molecule has 2 aromatic carbocycles. The van der Waals surface area contributed by atoms with E-state index >= 15 is 0 Å². The van der Waals surface area contributed by atoms with Crippen molar-refractivity contribution in [3.05, 3.63) is 64.8 Å². The lowest BCUT2D eigenvalue weighted by Gasteiger charge is -2.10. The van der Waals surface area contributed by atoms with E-state index < -0.39 is 0 Å². The number of H-pyrrole nitrogens is 1. The second-order valence-electron chi connectivity index (χ2n) is 4.27. The smallest absolute Gasteiger partial charge is 0.231 e. The van der Waals surface area contributed by atoms with Gasteiger partial charge in [0.1, 0.15) is 0 Å². The molecule has 0 saturated carbocycles. The van der Waals surface area contributed by atoms with Crippen LogP contribution in [-0.2, 0) is 0 Å². The third kappa shape index (κ3) is 1.89. The van der Waals surface area contributed by atoms with Gasteiger partial charge in [-0.1, -0.05) is 42.5 Å². The number of ether oxygens (including phenoxy) is 1. The minimum atomic E-state index is -0.0873. The Balaban J connectivity index is 2.39. The zero-order chi connectivity index (χ0) is 13.2. The first-order valence-electron chi connectivity index (χ1n) is 6.05. The van der Waals surface area contributed by atoms with Gasteiger partial charge in [-0.2, -0.15) is 0 Å².